The molecule has 2 amide bonds. The number of rotatable bonds is 6. The number of carbonyl (C=O) groups is 2. The van der Waals surface area contributed by atoms with Gasteiger partial charge in [-0.25, -0.2) is 11.4 Å². The van der Waals surface area contributed by atoms with Crippen molar-refractivity contribution in [2.24, 2.45) is 5.92 Å². The van der Waals surface area contributed by atoms with Crippen LogP contribution >= 0.6 is 27.0 Å². The zero-order valence-electron chi connectivity index (χ0n) is 19.5. The van der Waals surface area contributed by atoms with Crippen LogP contribution in [0.25, 0.3) is 15.7 Å². The summed E-state index contributed by atoms with van der Waals surface area (Å²) in [6.45, 7) is 9.75. The second kappa shape index (κ2) is 12.3. The van der Waals surface area contributed by atoms with Gasteiger partial charge in [0.05, 0.1) is 4.92 Å². The van der Waals surface area contributed by atoms with Crippen molar-refractivity contribution >= 4 is 61.3 Å². The molecule has 0 spiro atoms. The number of aromatic nitrogens is 1. The Morgan fingerprint density at radius 3 is 2.78 bits per heavy atom. The van der Waals surface area contributed by atoms with E-state index in [4.69, 9.17) is 11.3 Å². The monoisotopic (exact) mass is 529 g/mol. The molecule has 0 saturated carbocycles. The average Bonchev–Trinajstić information content (AvgIpc) is 3.45. The molecule has 2 atom stereocenters. The minimum atomic E-state index is -0.853. The van der Waals surface area contributed by atoms with Crippen LogP contribution in [0.15, 0.2) is 48.7 Å². The molecule has 190 valence electrons. The first kappa shape index (κ1) is 28.5. The summed E-state index contributed by atoms with van der Waals surface area (Å²) < 4.78 is 5.35. The van der Waals surface area contributed by atoms with Gasteiger partial charge in [0.25, 0.3) is 5.69 Å². The summed E-state index contributed by atoms with van der Waals surface area (Å²) in [5.41, 5.74) is 1.51. The predicted octanol–water partition coefficient (Wildman–Crippen LogP) is 4.96. The fourth-order valence-electron chi connectivity index (χ4n) is 4.21. The minimum Gasteiger partial charge on any atom is -0.410 e. The molecule has 12 heteroatoms. The highest BCUT2D eigenvalue weighted by Crippen LogP contribution is 2.28. The van der Waals surface area contributed by atoms with Crippen LogP contribution in [0, 0.1) is 22.6 Å². The van der Waals surface area contributed by atoms with Gasteiger partial charge in [-0.1, -0.05) is 19.1 Å². The molecule has 10 nitrogen and oxygen atoms in total. The molecule has 0 unspecified atom stereocenters. The number of likely N-dealkylation sites (tertiary alicyclic amines) is 1. The number of aromatic amines is 1. The fraction of sp³-hybridized carbons (Fsp3) is 0.292. The van der Waals surface area contributed by atoms with Gasteiger partial charge in [-0.05, 0) is 42.7 Å². The van der Waals surface area contributed by atoms with Crippen molar-refractivity contribution in [3.63, 3.8) is 0 Å². The second-order valence-electron chi connectivity index (χ2n) is 8.20. The van der Waals surface area contributed by atoms with Gasteiger partial charge in [-0.15, -0.1) is 0 Å². The highest BCUT2D eigenvalue weighted by Gasteiger charge is 2.35. The smallest absolute Gasteiger partial charge is 0.410 e. The molecule has 1 aliphatic heterocycles. The van der Waals surface area contributed by atoms with Crippen LogP contribution in [0.4, 0.5) is 16.2 Å². The first-order valence-corrected chi connectivity index (χ1v) is 10.9. The van der Waals surface area contributed by atoms with E-state index in [0.717, 1.165) is 22.9 Å². The lowest BCUT2D eigenvalue weighted by atomic mass is 9.99. The van der Waals surface area contributed by atoms with E-state index in [0.29, 0.717) is 19.4 Å². The van der Waals surface area contributed by atoms with Crippen molar-refractivity contribution in [1.29, 1.82) is 0 Å². The van der Waals surface area contributed by atoms with Crippen molar-refractivity contribution in [3.05, 3.63) is 75.8 Å². The van der Waals surface area contributed by atoms with Crippen molar-refractivity contribution in [2.75, 3.05) is 11.9 Å². The maximum absolute atomic E-state index is 12.9. The van der Waals surface area contributed by atoms with Crippen molar-refractivity contribution in [3.8, 4) is 5.75 Å². The van der Waals surface area contributed by atoms with Gasteiger partial charge in [-0.3, -0.25) is 30.0 Å². The quantitative estimate of drug-likeness (QED) is 0.266. The molecule has 3 aromatic rings. The Hall–Kier alpha value is -3.69. The lowest BCUT2D eigenvalue weighted by Gasteiger charge is -2.20. The van der Waals surface area contributed by atoms with Crippen molar-refractivity contribution in [2.45, 2.75) is 32.4 Å². The SMILES string of the molecule is S.S.[C-]#[N+][C@@H]1CCCN1C(=O)[C@@H](C)Cc1c[nH]c2ccc(OC(=O)Nc3ccccc3[N+](=O)[O-])cc12. The summed E-state index contributed by atoms with van der Waals surface area (Å²) in [6.07, 6.45) is 2.61. The average molecular weight is 530 g/mol. The number of H-pyrrole nitrogens is 1. The van der Waals surface area contributed by atoms with Gasteiger partial charge in [0, 0.05) is 42.0 Å². The molecule has 2 aromatic carbocycles. The fourth-order valence-corrected chi connectivity index (χ4v) is 4.21. The standard InChI is InChI=1S/C24H23N5O5.2H2S/c1-15(23(30)28-11-5-8-22(28)25-2)12-16-14-26-19-10-9-17(13-18(16)19)34-24(31)27-20-6-3-4-7-21(20)29(32)33;;/h3-4,6-7,9-10,13-15,22,26H,5,8,11-12H2,1H3,(H,27,31);2*1H2/t15-,22-;;/m0../s1. The Morgan fingerprint density at radius 1 is 1.31 bits per heavy atom. The number of nitrogens with zero attached hydrogens (tertiary/aromatic N) is 3. The van der Waals surface area contributed by atoms with Crippen LogP contribution in [0.3, 0.4) is 0 Å². The number of hydrogen-bond donors (Lipinski definition) is 2. The predicted molar refractivity (Wildman–Crippen MR) is 146 cm³/mol. The zero-order valence-corrected chi connectivity index (χ0v) is 21.5. The summed E-state index contributed by atoms with van der Waals surface area (Å²) in [6, 6.07) is 10.9. The Kier molecular flexibility index (Phi) is 9.77. The lowest BCUT2D eigenvalue weighted by molar-refractivity contribution is -0.383. The molecule has 2 heterocycles. The normalized spacial score (nSPS) is 15.2. The third kappa shape index (κ3) is 6.10. The Morgan fingerprint density at radius 2 is 2.06 bits per heavy atom. The number of anilines is 1. The number of nitro benzene ring substituents is 1. The van der Waals surface area contributed by atoms with Gasteiger partial charge in [-0.2, -0.15) is 27.0 Å². The molecule has 1 aromatic heterocycles. The summed E-state index contributed by atoms with van der Waals surface area (Å²) in [7, 11) is 0. The number of hydrogen-bond acceptors (Lipinski definition) is 5. The Bertz CT molecular complexity index is 1310. The van der Waals surface area contributed by atoms with Crippen LogP contribution in [0.5, 0.6) is 5.75 Å². The van der Waals surface area contributed by atoms with Crippen molar-refractivity contribution < 1.29 is 19.2 Å². The number of benzene rings is 2. The first-order chi connectivity index (χ1) is 16.4. The van der Waals surface area contributed by atoms with Crippen LogP contribution in [-0.4, -0.2) is 39.5 Å². The van der Waals surface area contributed by atoms with Gasteiger partial charge >= 0.3 is 12.3 Å². The summed E-state index contributed by atoms with van der Waals surface area (Å²) in [5, 5.41) is 14.3. The van der Waals surface area contributed by atoms with Crippen LogP contribution < -0.4 is 10.1 Å². The van der Waals surface area contributed by atoms with Crippen LogP contribution in [0.2, 0.25) is 0 Å². The van der Waals surface area contributed by atoms with Crippen molar-refractivity contribution in [1.82, 2.24) is 9.88 Å². The number of nitro groups is 1. The van der Waals surface area contributed by atoms with Gasteiger partial charge in [0.15, 0.2) is 0 Å². The van der Waals surface area contributed by atoms with Crippen LogP contribution in [-0.2, 0) is 11.2 Å². The maximum atomic E-state index is 12.9. The number of nitrogens with one attached hydrogen (secondary N) is 2. The topological polar surface area (TPSA) is 122 Å². The number of carbonyl (C=O) groups excluding carboxylic acids is 2. The summed E-state index contributed by atoms with van der Waals surface area (Å²) in [4.78, 5) is 44.2. The lowest BCUT2D eigenvalue weighted by Crippen LogP contribution is -2.38. The molecule has 0 aliphatic carbocycles. The second-order valence-corrected chi connectivity index (χ2v) is 8.20. The molecule has 0 radical (unpaired) electrons. The summed E-state index contributed by atoms with van der Waals surface area (Å²) >= 11 is 0. The van der Waals surface area contributed by atoms with E-state index in [9.17, 15) is 19.7 Å². The number of para-hydroxylation sites is 2. The van der Waals surface area contributed by atoms with Gasteiger partial charge < -0.3 is 9.72 Å². The molecular weight excluding hydrogens is 502 g/mol. The van der Waals surface area contributed by atoms with Crippen LogP contribution in [0.1, 0.15) is 25.3 Å². The van der Waals surface area contributed by atoms with E-state index in [2.05, 4.69) is 15.1 Å². The van der Waals surface area contributed by atoms with E-state index in [1.807, 2.05) is 13.1 Å². The first-order valence-electron chi connectivity index (χ1n) is 10.9. The van der Waals surface area contributed by atoms with E-state index >= 15 is 0 Å². The Labute approximate surface area is 221 Å². The summed E-state index contributed by atoms with van der Waals surface area (Å²) in [5.74, 6) is -0.0898. The Balaban J connectivity index is 0.00000228. The maximum Gasteiger partial charge on any atom is 0.417 e. The molecule has 4 rings (SSSR count). The highest BCUT2D eigenvalue weighted by atomic mass is 32.1. The van der Waals surface area contributed by atoms with Gasteiger partial charge in [0.1, 0.15) is 11.4 Å². The zero-order chi connectivity index (χ0) is 24.2. The highest BCUT2D eigenvalue weighted by molar-refractivity contribution is 7.59. The largest absolute Gasteiger partial charge is 0.417 e. The molecule has 1 fully saturated rings. The molecule has 2 N–H and O–H groups in total. The number of amides is 2. The molecule has 0 bridgehead atoms. The van der Waals surface area contributed by atoms with E-state index in [-0.39, 0.29) is 62.1 Å². The minimum absolute atomic E-state index is 0. The molecular formula is C24H27N5O5S2. The third-order valence-corrected chi connectivity index (χ3v) is 5.89. The van der Waals surface area contributed by atoms with Gasteiger partial charge in [0.2, 0.25) is 5.91 Å². The van der Waals surface area contributed by atoms with E-state index < -0.39 is 11.0 Å². The molecule has 1 saturated heterocycles. The molecule has 1 aliphatic rings. The van der Waals surface area contributed by atoms with E-state index in [1.54, 1.807) is 29.2 Å². The number of ether oxygens (including phenoxy) is 1. The number of fused-ring (bicyclic) bond motifs is 1. The molecule has 36 heavy (non-hydrogen) atoms. The third-order valence-electron chi connectivity index (χ3n) is 5.89. The van der Waals surface area contributed by atoms with E-state index in [1.165, 1.54) is 18.2 Å².